The van der Waals surface area contributed by atoms with E-state index in [2.05, 4.69) is 25.6 Å². The second-order valence-electron chi connectivity index (χ2n) is 5.71. The highest BCUT2D eigenvalue weighted by Crippen LogP contribution is 2.06. The molecule has 0 aromatic carbocycles. The summed E-state index contributed by atoms with van der Waals surface area (Å²) in [4.78, 5) is 24.3. The molecule has 2 N–H and O–H groups in total. The van der Waals surface area contributed by atoms with Gasteiger partial charge in [0.1, 0.15) is 11.5 Å². The predicted octanol–water partition coefficient (Wildman–Crippen LogP) is 2.01. The molecule has 0 saturated heterocycles. The molecule has 2 rings (SSSR count). The summed E-state index contributed by atoms with van der Waals surface area (Å²) in [6.45, 7) is 6.36. The van der Waals surface area contributed by atoms with Gasteiger partial charge >= 0.3 is 0 Å². The number of carbonyl (C=O) groups excluding carboxylic acids is 1. The van der Waals surface area contributed by atoms with E-state index in [1.54, 1.807) is 18.6 Å². The number of amides is 1. The molecule has 6 heteroatoms. The van der Waals surface area contributed by atoms with Crippen molar-refractivity contribution >= 4 is 11.7 Å². The van der Waals surface area contributed by atoms with E-state index >= 15 is 0 Å². The first-order valence-electron chi connectivity index (χ1n) is 6.71. The minimum absolute atomic E-state index is 0.228. The van der Waals surface area contributed by atoms with E-state index in [9.17, 15) is 4.79 Å². The third kappa shape index (κ3) is 4.83. The quantitative estimate of drug-likeness (QED) is 0.898. The molecule has 0 saturated carbocycles. The zero-order valence-electron chi connectivity index (χ0n) is 12.4. The summed E-state index contributed by atoms with van der Waals surface area (Å²) >= 11 is 0. The minimum atomic E-state index is -0.296. The monoisotopic (exact) mass is 285 g/mol. The lowest BCUT2D eigenvalue weighted by Gasteiger charge is -2.19. The van der Waals surface area contributed by atoms with Gasteiger partial charge in [0.2, 0.25) is 0 Å². The fourth-order valence-electron chi connectivity index (χ4n) is 1.64. The van der Waals surface area contributed by atoms with Crippen molar-refractivity contribution in [3.05, 3.63) is 48.2 Å². The van der Waals surface area contributed by atoms with Gasteiger partial charge in [-0.2, -0.15) is 0 Å². The Morgan fingerprint density at radius 1 is 1.19 bits per heavy atom. The average Bonchev–Trinajstić information content (AvgIpc) is 2.45. The van der Waals surface area contributed by atoms with E-state index in [1.165, 1.54) is 6.20 Å². The highest BCUT2D eigenvalue weighted by atomic mass is 16.2. The van der Waals surface area contributed by atoms with Crippen molar-refractivity contribution < 1.29 is 4.79 Å². The van der Waals surface area contributed by atoms with Crippen LogP contribution in [-0.2, 0) is 6.54 Å². The van der Waals surface area contributed by atoms with Gasteiger partial charge in [-0.05, 0) is 32.4 Å². The molecule has 0 aliphatic carbocycles. The lowest BCUT2D eigenvalue weighted by molar-refractivity contribution is 0.0914. The van der Waals surface area contributed by atoms with Crippen molar-refractivity contribution in [3.8, 4) is 0 Å². The summed E-state index contributed by atoms with van der Waals surface area (Å²) in [7, 11) is 0. The van der Waals surface area contributed by atoms with Crippen LogP contribution in [0.2, 0.25) is 0 Å². The van der Waals surface area contributed by atoms with E-state index in [-0.39, 0.29) is 11.4 Å². The SMILES string of the molecule is CC(C)(C)NC(=O)c1cnc(NCc2cccnc2)cn1. The standard InChI is InChI=1S/C15H19N5O/c1-15(2,3)20-14(21)12-9-19-13(10-17-12)18-8-11-5-4-6-16-7-11/h4-7,9-10H,8H2,1-3H3,(H,18,19)(H,20,21). The van der Waals surface area contributed by atoms with Gasteiger partial charge in [-0.15, -0.1) is 0 Å². The van der Waals surface area contributed by atoms with Crippen LogP contribution in [0.25, 0.3) is 0 Å². The molecule has 0 fully saturated rings. The van der Waals surface area contributed by atoms with E-state index in [0.717, 1.165) is 5.56 Å². The zero-order valence-corrected chi connectivity index (χ0v) is 12.4. The van der Waals surface area contributed by atoms with E-state index in [4.69, 9.17) is 0 Å². The maximum atomic E-state index is 11.9. The largest absolute Gasteiger partial charge is 0.365 e. The van der Waals surface area contributed by atoms with Gasteiger partial charge in [0.15, 0.2) is 0 Å². The molecular formula is C15H19N5O. The van der Waals surface area contributed by atoms with Gasteiger partial charge in [0.05, 0.1) is 12.4 Å². The van der Waals surface area contributed by atoms with Crippen LogP contribution in [-0.4, -0.2) is 26.4 Å². The number of aromatic nitrogens is 3. The Morgan fingerprint density at radius 3 is 2.57 bits per heavy atom. The Kier molecular flexibility index (Phi) is 4.47. The maximum Gasteiger partial charge on any atom is 0.271 e. The van der Waals surface area contributed by atoms with Crippen LogP contribution >= 0.6 is 0 Å². The molecule has 2 aromatic rings. The zero-order chi connectivity index (χ0) is 15.3. The van der Waals surface area contributed by atoms with E-state index < -0.39 is 0 Å². The van der Waals surface area contributed by atoms with Gasteiger partial charge < -0.3 is 10.6 Å². The molecule has 0 atom stereocenters. The van der Waals surface area contributed by atoms with Crippen molar-refractivity contribution in [2.75, 3.05) is 5.32 Å². The lowest BCUT2D eigenvalue weighted by atomic mass is 10.1. The van der Waals surface area contributed by atoms with Crippen LogP contribution in [0.4, 0.5) is 5.82 Å². The molecule has 0 unspecified atom stereocenters. The summed E-state index contributed by atoms with van der Waals surface area (Å²) in [6.07, 6.45) is 6.53. The normalized spacial score (nSPS) is 11.0. The van der Waals surface area contributed by atoms with Crippen LogP contribution < -0.4 is 10.6 Å². The fraction of sp³-hybridized carbons (Fsp3) is 0.333. The molecule has 21 heavy (non-hydrogen) atoms. The Bertz CT molecular complexity index is 590. The van der Waals surface area contributed by atoms with Crippen molar-refractivity contribution in [2.45, 2.75) is 32.9 Å². The van der Waals surface area contributed by atoms with Crippen molar-refractivity contribution in [2.24, 2.45) is 0 Å². The maximum absolute atomic E-state index is 11.9. The number of carbonyl (C=O) groups is 1. The molecule has 0 aliphatic heterocycles. The topological polar surface area (TPSA) is 79.8 Å². The van der Waals surface area contributed by atoms with Crippen LogP contribution in [0.5, 0.6) is 0 Å². The number of nitrogens with one attached hydrogen (secondary N) is 2. The Hall–Kier alpha value is -2.50. The number of hydrogen-bond acceptors (Lipinski definition) is 5. The molecule has 0 radical (unpaired) electrons. The van der Waals surface area contributed by atoms with Crippen LogP contribution in [0, 0.1) is 0 Å². The molecule has 6 nitrogen and oxygen atoms in total. The first kappa shape index (κ1) is 14.9. The number of pyridine rings is 1. The first-order chi connectivity index (χ1) is 9.94. The molecular weight excluding hydrogens is 266 g/mol. The van der Waals surface area contributed by atoms with Crippen molar-refractivity contribution in [3.63, 3.8) is 0 Å². The Balaban J connectivity index is 1.94. The minimum Gasteiger partial charge on any atom is -0.365 e. The lowest BCUT2D eigenvalue weighted by Crippen LogP contribution is -2.40. The van der Waals surface area contributed by atoms with Crippen LogP contribution in [0.15, 0.2) is 36.9 Å². The molecule has 2 heterocycles. The fourth-order valence-corrected chi connectivity index (χ4v) is 1.64. The number of hydrogen-bond donors (Lipinski definition) is 2. The van der Waals surface area contributed by atoms with Gasteiger partial charge in [-0.1, -0.05) is 6.07 Å². The average molecular weight is 285 g/mol. The van der Waals surface area contributed by atoms with Gasteiger partial charge in [0, 0.05) is 24.5 Å². The highest BCUT2D eigenvalue weighted by molar-refractivity contribution is 5.92. The third-order valence-corrected chi connectivity index (χ3v) is 2.57. The summed E-state index contributed by atoms with van der Waals surface area (Å²) < 4.78 is 0. The summed E-state index contributed by atoms with van der Waals surface area (Å²) in [5, 5.41) is 5.97. The Morgan fingerprint density at radius 2 is 2.00 bits per heavy atom. The smallest absolute Gasteiger partial charge is 0.271 e. The van der Waals surface area contributed by atoms with Gasteiger partial charge in [0.25, 0.3) is 5.91 Å². The first-order valence-corrected chi connectivity index (χ1v) is 6.71. The van der Waals surface area contributed by atoms with E-state index in [0.29, 0.717) is 18.1 Å². The highest BCUT2D eigenvalue weighted by Gasteiger charge is 2.16. The van der Waals surface area contributed by atoms with Crippen molar-refractivity contribution in [1.29, 1.82) is 0 Å². The Labute approximate surface area is 124 Å². The van der Waals surface area contributed by atoms with Gasteiger partial charge in [-0.25, -0.2) is 9.97 Å². The molecule has 110 valence electrons. The number of rotatable bonds is 4. The summed E-state index contributed by atoms with van der Waals surface area (Å²) in [5.74, 6) is 0.389. The number of anilines is 1. The van der Waals surface area contributed by atoms with Gasteiger partial charge in [-0.3, -0.25) is 9.78 Å². The molecule has 0 bridgehead atoms. The van der Waals surface area contributed by atoms with Crippen molar-refractivity contribution in [1.82, 2.24) is 20.3 Å². The number of nitrogens with zero attached hydrogens (tertiary/aromatic N) is 3. The van der Waals surface area contributed by atoms with E-state index in [1.807, 2.05) is 32.9 Å². The summed E-state index contributed by atoms with van der Waals surface area (Å²) in [6, 6.07) is 3.85. The molecule has 0 aliphatic rings. The molecule has 1 amide bonds. The van der Waals surface area contributed by atoms with Crippen LogP contribution in [0.3, 0.4) is 0 Å². The summed E-state index contributed by atoms with van der Waals surface area (Å²) in [5.41, 5.74) is 1.06. The predicted molar refractivity (Wildman–Crippen MR) is 80.8 cm³/mol. The third-order valence-electron chi connectivity index (χ3n) is 2.57. The van der Waals surface area contributed by atoms with Crippen LogP contribution in [0.1, 0.15) is 36.8 Å². The second-order valence-corrected chi connectivity index (χ2v) is 5.71. The second kappa shape index (κ2) is 6.30. The molecule has 0 spiro atoms. The molecule has 2 aromatic heterocycles.